The minimum absolute atomic E-state index is 0.260. The molecule has 0 radical (unpaired) electrons. The molecule has 0 aromatic heterocycles. The molecule has 4 nitrogen and oxygen atoms in total. The van der Waals surface area contributed by atoms with Crippen LogP contribution in [0.4, 0.5) is 4.39 Å². The summed E-state index contributed by atoms with van der Waals surface area (Å²) in [4.78, 5) is 13.8. The second-order valence-corrected chi connectivity index (χ2v) is 4.95. The quantitative estimate of drug-likeness (QED) is 0.855. The molecule has 0 bridgehead atoms. The topological polar surface area (TPSA) is 58.4 Å². The first kappa shape index (κ1) is 14.0. The zero-order valence-corrected chi connectivity index (χ0v) is 11.2. The van der Waals surface area contributed by atoms with Crippen LogP contribution in [-0.4, -0.2) is 37.0 Å². The van der Waals surface area contributed by atoms with E-state index in [1.807, 2.05) is 0 Å². The average Bonchev–Trinajstić information content (AvgIpc) is 2.62. The normalized spacial score (nSPS) is 18.8. The number of hydrogen-bond donors (Lipinski definition) is 2. The van der Waals surface area contributed by atoms with Gasteiger partial charge in [0.25, 0.3) is 0 Å². The summed E-state index contributed by atoms with van der Waals surface area (Å²) < 4.78 is 13.3. The molecule has 104 valence electrons. The van der Waals surface area contributed by atoms with Crippen molar-refractivity contribution in [2.24, 2.45) is 5.73 Å². The highest BCUT2D eigenvalue weighted by Crippen LogP contribution is 2.23. The molecule has 0 saturated carbocycles. The monoisotopic (exact) mass is 265 g/mol. The van der Waals surface area contributed by atoms with Crippen LogP contribution in [0.1, 0.15) is 23.6 Å². The van der Waals surface area contributed by atoms with Gasteiger partial charge in [-0.3, -0.25) is 9.69 Å². The van der Waals surface area contributed by atoms with Crippen molar-refractivity contribution in [3.63, 3.8) is 0 Å². The number of amides is 1. The molecule has 1 aliphatic rings. The van der Waals surface area contributed by atoms with Crippen molar-refractivity contribution in [3.05, 3.63) is 35.1 Å². The Balaban J connectivity index is 2.27. The second-order valence-electron chi connectivity index (χ2n) is 4.95. The van der Waals surface area contributed by atoms with Crippen LogP contribution in [0, 0.1) is 12.7 Å². The van der Waals surface area contributed by atoms with Crippen LogP contribution in [-0.2, 0) is 4.79 Å². The molecule has 19 heavy (non-hydrogen) atoms. The van der Waals surface area contributed by atoms with Gasteiger partial charge in [-0.2, -0.15) is 0 Å². The van der Waals surface area contributed by atoms with Crippen LogP contribution < -0.4 is 11.1 Å². The fourth-order valence-corrected chi connectivity index (χ4v) is 2.52. The van der Waals surface area contributed by atoms with Gasteiger partial charge in [-0.15, -0.1) is 0 Å². The van der Waals surface area contributed by atoms with Crippen molar-refractivity contribution in [2.75, 3.05) is 26.2 Å². The van der Waals surface area contributed by atoms with E-state index in [9.17, 15) is 9.18 Å². The van der Waals surface area contributed by atoms with E-state index in [0.717, 1.165) is 38.2 Å². The second kappa shape index (κ2) is 6.12. The van der Waals surface area contributed by atoms with Gasteiger partial charge in [0, 0.05) is 19.6 Å². The van der Waals surface area contributed by atoms with Gasteiger partial charge in [0.15, 0.2) is 0 Å². The lowest BCUT2D eigenvalue weighted by Gasteiger charge is -2.28. The third-order valence-corrected chi connectivity index (χ3v) is 3.51. The fourth-order valence-electron chi connectivity index (χ4n) is 2.52. The summed E-state index contributed by atoms with van der Waals surface area (Å²) in [5.74, 6) is -0.641. The highest BCUT2D eigenvalue weighted by atomic mass is 19.1. The van der Waals surface area contributed by atoms with Crippen molar-refractivity contribution in [2.45, 2.75) is 19.4 Å². The maximum Gasteiger partial charge on any atom is 0.239 e. The molecule has 3 N–H and O–H groups in total. The van der Waals surface area contributed by atoms with Crippen LogP contribution in [0.5, 0.6) is 0 Å². The molecular weight excluding hydrogens is 245 g/mol. The number of carbonyl (C=O) groups excluding carboxylic acids is 1. The first-order valence-electron chi connectivity index (χ1n) is 6.59. The molecule has 1 aliphatic heterocycles. The number of halogens is 1. The van der Waals surface area contributed by atoms with E-state index in [0.29, 0.717) is 5.56 Å². The van der Waals surface area contributed by atoms with E-state index in [2.05, 4.69) is 10.2 Å². The van der Waals surface area contributed by atoms with E-state index in [4.69, 9.17) is 5.73 Å². The van der Waals surface area contributed by atoms with E-state index < -0.39 is 6.04 Å². The van der Waals surface area contributed by atoms with Gasteiger partial charge in [-0.05, 0) is 37.1 Å². The summed E-state index contributed by atoms with van der Waals surface area (Å²) in [7, 11) is 0. The number of carbonyl (C=O) groups is 1. The summed E-state index contributed by atoms with van der Waals surface area (Å²) in [6.45, 7) is 5.07. The number of primary amides is 1. The third kappa shape index (κ3) is 3.30. The van der Waals surface area contributed by atoms with Crippen molar-refractivity contribution in [1.82, 2.24) is 10.2 Å². The maximum atomic E-state index is 13.3. The molecule has 1 aromatic rings. The minimum Gasteiger partial charge on any atom is -0.368 e. The predicted molar refractivity (Wildman–Crippen MR) is 72.1 cm³/mol. The predicted octanol–water partition coefficient (Wildman–Crippen LogP) is 0.956. The molecule has 2 rings (SSSR count). The number of nitrogens with one attached hydrogen (secondary N) is 1. The van der Waals surface area contributed by atoms with Gasteiger partial charge >= 0.3 is 0 Å². The lowest BCUT2D eigenvalue weighted by Crippen LogP contribution is -2.39. The van der Waals surface area contributed by atoms with E-state index >= 15 is 0 Å². The van der Waals surface area contributed by atoms with Crippen molar-refractivity contribution >= 4 is 5.91 Å². The molecule has 1 saturated heterocycles. The Morgan fingerprint density at radius 3 is 2.89 bits per heavy atom. The van der Waals surface area contributed by atoms with Crippen molar-refractivity contribution in [1.29, 1.82) is 0 Å². The van der Waals surface area contributed by atoms with Gasteiger partial charge in [0.05, 0.1) is 0 Å². The third-order valence-electron chi connectivity index (χ3n) is 3.51. The number of nitrogens with zero attached hydrogens (tertiary/aromatic N) is 1. The summed E-state index contributed by atoms with van der Waals surface area (Å²) in [6, 6.07) is 4.29. The van der Waals surface area contributed by atoms with Gasteiger partial charge in [-0.25, -0.2) is 4.39 Å². The first-order valence-corrected chi connectivity index (χ1v) is 6.59. The van der Waals surface area contributed by atoms with E-state index in [-0.39, 0.29) is 11.7 Å². The fraction of sp³-hybridized carbons (Fsp3) is 0.500. The Hall–Kier alpha value is -1.46. The number of hydrogen-bond acceptors (Lipinski definition) is 3. The van der Waals surface area contributed by atoms with Crippen LogP contribution in [0.2, 0.25) is 0 Å². The molecule has 1 amide bonds. The van der Waals surface area contributed by atoms with Gasteiger partial charge < -0.3 is 11.1 Å². The van der Waals surface area contributed by atoms with Gasteiger partial charge in [-0.1, -0.05) is 12.1 Å². The highest BCUT2D eigenvalue weighted by molar-refractivity contribution is 5.81. The molecule has 1 fully saturated rings. The molecule has 0 aliphatic carbocycles. The van der Waals surface area contributed by atoms with Crippen LogP contribution in [0.25, 0.3) is 0 Å². The average molecular weight is 265 g/mol. The molecule has 1 atom stereocenters. The summed E-state index contributed by atoms with van der Waals surface area (Å²) in [6.07, 6.45) is 0.976. The Morgan fingerprint density at radius 2 is 2.21 bits per heavy atom. The zero-order chi connectivity index (χ0) is 13.8. The molecule has 1 unspecified atom stereocenters. The Bertz CT molecular complexity index is 456. The van der Waals surface area contributed by atoms with Gasteiger partial charge in [0.2, 0.25) is 5.91 Å². The maximum absolute atomic E-state index is 13.3. The molecule has 0 spiro atoms. The SMILES string of the molecule is Cc1cc(C(C(N)=O)N2CCCNCC2)ccc1F. The highest BCUT2D eigenvalue weighted by Gasteiger charge is 2.26. The van der Waals surface area contributed by atoms with Gasteiger partial charge in [0.1, 0.15) is 11.9 Å². The smallest absolute Gasteiger partial charge is 0.239 e. The van der Waals surface area contributed by atoms with Crippen molar-refractivity contribution < 1.29 is 9.18 Å². The Labute approximate surface area is 112 Å². The first-order chi connectivity index (χ1) is 9.09. The lowest BCUT2D eigenvalue weighted by atomic mass is 10.0. The largest absolute Gasteiger partial charge is 0.368 e. The molecular formula is C14H20FN3O. The van der Waals surface area contributed by atoms with E-state index in [1.165, 1.54) is 6.07 Å². The van der Waals surface area contributed by atoms with Crippen molar-refractivity contribution in [3.8, 4) is 0 Å². The van der Waals surface area contributed by atoms with E-state index in [1.54, 1.807) is 19.1 Å². The minimum atomic E-state index is -0.473. The van der Waals surface area contributed by atoms with Crippen LogP contribution in [0.3, 0.4) is 0 Å². The summed E-state index contributed by atoms with van der Waals surface area (Å²) >= 11 is 0. The standard InChI is InChI=1S/C14H20FN3O/c1-10-9-11(3-4-12(10)15)13(14(16)19)18-7-2-5-17-6-8-18/h3-4,9,13,17H,2,5-8H2,1H3,(H2,16,19). The molecule has 1 aromatic carbocycles. The molecule has 5 heteroatoms. The number of rotatable bonds is 3. The molecule has 1 heterocycles. The number of aryl methyl sites for hydroxylation is 1. The van der Waals surface area contributed by atoms with Crippen LogP contribution in [0.15, 0.2) is 18.2 Å². The van der Waals surface area contributed by atoms with Crippen LogP contribution >= 0.6 is 0 Å². The lowest BCUT2D eigenvalue weighted by molar-refractivity contribution is -0.123. The zero-order valence-electron chi connectivity index (χ0n) is 11.2. The number of nitrogens with two attached hydrogens (primary N) is 1. The summed E-state index contributed by atoms with van der Waals surface area (Å²) in [5, 5.41) is 3.29. The number of benzene rings is 1. The summed E-state index contributed by atoms with van der Waals surface area (Å²) in [5.41, 5.74) is 6.85. The Morgan fingerprint density at radius 1 is 1.42 bits per heavy atom. The Kier molecular flexibility index (Phi) is 4.50.